The summed E-state index contributed by atoms with van der Waals surface area (Å²) in [5.74, 6) is 0.0723. The molecular formula is C15H13FN4O2. The second kappa shape index (κ2) is 5.80. The summed E-state index contributed by atoms with van der Waals surface area (Å²) in [5, 5.41) is 10.5. The molecule has 6 nitrogen and oxygen atoms in total. The lowest BCUT2D eigenvalue weighted by Crippen LogP contribution is -2.16. The predicted octanol–water partition coefficient (Wildman–Crippen LogP) is 2.06. The number of hydrogen-bond donors (Lipinski definition) is 1. The van der Waals surface area contributed by atoms with Crippen LogP contribution in [-0.2, 0) is 11.2 Å². The van der Waals surface area contributed by atoms with Crippen molar-refractivity contribution in [2.45, 2.75) is 6.42 Å². The van der Waals surface area contributed by atoms with Crippen LogP contribution in [-0.4, -0.2) is 27.6 Å². The van der Waals surface area contributed by atoms with E-state index in [1.807, 2.05) is 0 Å². The van der Waals surface area contributed by atoms with Gasteiger partial charge in [0, 0.05) is 0 Å². The summed E-state index contributed by atoms with van der Waals surface area (Å²) in [6.45, 7) is 0. The largest absolute Gasteiger partial charge is 0.482 e. The van der Waals surface area contributed by atoms with Gasteiger partial charge >= 0.3 is 0 Å². The monoisotopic (exact) mass is 300 g/mol. The summed E-state index contributed by atoms with van der Waals surface area (Å²) in [4.78, 5) is 12.1. The molecular weight excluding hydrogens is 287 g/mol. The van der Waals surface area contributed by atoms with Crippen LogP contribution >= 0.6 is 0 Å². The molecule has 0 atom stereocenters. The van der Waals surface area contributed by atoms with Gasteiger partial charge in [-0.05, 0) is 29.8 Å². The van der Waals surface area contributed by atoms with Crippen molar-refractivity contribution in [2.24, 2.45) is 0 Å². The van der Waals surface area contributed by atoms with Crippen molar-refractivity contribution >= 4 is 17.5 Å². The van der Waals surface area contributed by atoms with Crippen molar-refractivity contribution in [3.63, 3.8) is 0 Å². The first-order chi connectivity index (χ1) is 10.7. The highest BCUT2D eigenvalue weighted by Crippen LogP contribution is 2.18. The molecule has 0 aliphatic heterocycles. The number of rotatable bonds is 4. The molecule has 2 heterocycles. The molecule has 2 aromatic heterocycles. The van der Waals surface area contributed by atoms with Crippen LogP contribution in [0, 0.1) is 5.82 Å². The SMILES string of the molecule is COc1cccc2nnc(NC(=O)Cc3cccc(F)c3)n12. The normalized spacial score (nSPS) is 10.6. The molecule has 0 fully saturated rings. The number of hydrogen-bond acceptors (Lipinski definition) is 4. The smallest absolute Gasteiger partial charge is 0.238 e. The van der Waals surface area contributed by atoms with E-state index in [2.05, 4.69) is 15.5 Å². The number of methoxy groups -OCH3 is 1. The molecule has 0 bridgehead atoms. The number of carbonyl (C=O) groups is 1. The number of halogens is 1. The van der Waals surface area contributed by atoms with Crippen molar-refractivity contribution < 1.29 is 13.9 Å². The molecule has 3 rings (SSSR count). The Hall–Kier alpha value is -2.96. The summed E-state index contributed by atoms with van der Waals surface area (Å²) >= 11 is 0. The maximum atomic E-state index is 13.1. The van der Waals surface area contributed by atoms with Crippen molar-refractivity contribution in [3.05, 3.63) is 53.8 Å². The number of ether oxygens (including phenoxy) is 1. The highest BCUT2D eigenvalue weighted by atomic mass is 19.1. The van der Waals surface area contributed by atoms with E-state index in [-0.39, 0.29) is 24.1 Å². The Kier molecular flexibility index (Phi) is 3.69. The number of aromatic nitrogens is 3. The molecule has 7 heteroatoms. The number of nitrogens with one attached hydrogen (secondary N) is 1. The van der Waals surface area contributed by atoms with Gasteiger partial charge < -0.3 is 4.74 Å². The second-order valence-electron chi connectivity index (χ2n) is 4.64. The molecule has 1 N–H and O–H groups in total. The van der Waals surface area contributed by atoms with Crippen LogP contribution in [0.2, 0.25) is 0 Å². The van der Waals surface area contributed by atoms with Gasteiger partial charge in [0.2, 0.25) is 17.7 Å². The highest BCUT2D eigenvalue weighted by Gasteiger charge is 2.13. The maximum Gasteiger partial charge on any atom is 0.238 e. The van der Waals surface area contributed by atoms with Crippen LogP contribution in [0.15, 0.2) is 42.5 Å². The molecule has 0 spiro atoms. The number of carbonyl (C=O) groups excluding carboxylic acids is 1. The van der Waals surface area contributed by atoms with Crippen molar-refractivity contribution in [3.8, 4) is 5.88 Å². The number of nitrogens with zero attached hydrogens (tertiary/aromatic N) is 3. The Morgan fingerprint density at radius 3 is 2.86 bits per heavy atom. The second-order valence-corrected chi connectivity index (χ2v) is 4.64. The summed E-state index contributed by atoms with van der Waals surface area (Å²) in [7, 11) is 1.52. The van der Waals surface area contributed by atoms with Gasteiger partial charge in [-0.3, -0.25) is 10.1 Å². The lowest BCUT2D eigenvalue weighted by Gasteiger charge is -2.07. The van der Waals surface area contributed by atoms with E-state index in [0.717, 1.165) is 0 Å². The van der Waals surface area contributed by atoms with Gasteiger partial charge in [-0.1, -0.05) is 18.2 Å². The topological polar surface area (TPSA) is 68.5 Å². The van der Waals surface area contributed by atoms with Gasteiger partial charge in [-0.15, -0.1) is 10.2 Å². The first-order valence-electron chi connectivity index (χ1n) is 6.60. The first-order valence-corrected chi connectivity index (χ1v) is 6.60. The molecule has 112 valence electrons. The lowest BCUT2D eigenvalue weighted by atomic mass is 10.1. The van der Waals surface area contributed by atoms with E-state index < -0.39 is 0 Å². The van der Waals surface area contributed by atoms with Crippen molar-refractivity contribution in [1.82, 2.24) is 14.6 Å². The zero-order valence-corrected chi connectivity index (χ0v) is 11.8. The van der Waals surface area contributed by atoms with Crippen LogP contribution in [0.25, 0.3) is 5.65 Å². The third-order valence-corrected chi connectivity index (χ3v) is 3.11. The number of benzene rings is 1. The minimum absolute atomic E-state index is 0.0435. The van der Waals surface area contributed by atoms with E-state index in [0.29, 0.717) is 17.1 Å². The fraction of sp³-hybridized carbons (Fsp3) is 0.133. The van der Waals surface area contributed by atoms with Crippen molar-refractivity contribution in [2.75, 3.05) is 12.4 Å². The molecule has 1 amide bonds. The minimum Gasteiger partial charge on any atom is -0.482 e. The quantitative estimate of drug-likeness (QED) is 0.801. The molecule has 0 saturated heterocycles. The highest BCUT2D eigenvalue weighted by molar-refractivity contribution is 5.91. The number of amides is 1. The third kappa shape index (κ3) is 2.73. The summed E-state index contributed by atoms with van der Waals surface area (Å²) < 4.78 is 19.9. The Bertz CT molecular complexity index is 831. The van der Waals surface area contributed by atoms with Gasteiger partial charge in [-0.25, -0.2) is 8.79 Å². The Morgan fingerprint density at radius 2 is 2.09 bits per heavy atom. The molecule has 0 aliphatic carbocycles. The first kappa shape index (κ1) is 14.0. The predicted molar refractivity (Wildman–Crippen MR) is 78.3 cm³/mol. The van der Waals surface area contributed by atoms with Gasteiger partial charge in [0.1, 0.15) is 5.82 Å². The van der Waals surface area contributed by atoms with Gasteiger partial charge in [0.15, 0.2) is 5.65 Å². The van der Waals surface area contributed by atoms with Crippen LogP contribution in [0.4, 0.5) is 10.3 Å². The molecule has 0 saturated carbocycles. The van der Waals surface area contributed by atoms with E-state index in [1.54, 1.807) is 34.7 Å². The maximum absolute atomic E-state index is 13.1. The zero-order chi connectivity index (χ0) is 15.5. The summed E-state index contributed by atoms with van der Waals surface area (Å²) in [6.07, 6.45) is 0.0435. The number of fused-ring (bicyclic) bond motifs is 1. The van der Waals surface area contributed by atoms with Crippen LogP contribution in [0.3, 0.4) is 0 Å². The van der Waals surface area contributed by atoms with E-state index >= 15 is 0 Å². The molecule has 0 unspecified atom stereocenters. The Labute approximate surface area is 125 Å². The Balaban J connectivity index is 1.82. The fourth-order valence-electron chi connectivity index (χ4n) is 2.15. The minimum atomic E-state index is -0.375. The molecule has 1 aromatic carbocycles. The molecule has 0 radical (unpaired) electrons. The average molecular weight is 300 g/mol. The van der Waals surface area contributed by atoms with Crippen LogP contribution in [0.5, 0.6) is 5.88 Å². The van der Waals surface area contributed by atoms with Gasteiger partial charge in [0.25, 0.3) is 0 Å². The van der Waals surface area contributed by atoms with Crippen LogP contribution in [0.1, 0.15) is 5.56 Å². The van der Waals surface area contributed by atoms with E-state index in [4.69, 9.17) is 4.74 Å². The number of anilines is 1. The van der Waals surface area contributed by atoms with E-state index in [1.165, 1.54) is 19.2 Å². The van der Waals surface area contributed by atoms with Crippen LogP contribution < -0.4 is 10.1 Å². The third-order valence-electron chi connectivity index (χ3n) is 3.11. The van der Waals surface area contributed by atoms with E-state index in [9.17, 15) is 9.18 Å². The molecule has 0 aliphatic rings. The van der Waals surface area contributed by atoms with Crippen molar-refractivity contribution in [1.29, 1.82) is 0 Å². The average Bonchev–Trinajstić information content (AvgIpc) is 2.90. The zero-order valence-electron chi connectivity index (χ0n) is 11.8. The summed E-state index contributed by atoms with van der Waals surface area (Å²) in [5.41, 5.74) is 1.14. The summed E-state index contributed by atoms with van der Waals surface area (Å²) in [6, 6.07) is 11.2. The fourth-order valence-corrected chi connectivity index (χ4v) is 2.15. The lowest BCUT2D eigenvalue weighted by molar-refractivity contribution is -0.115. The molecule has 22 heavy (non-hydrogen) atoms. The number of pyridine rings is 1. The standard InChI is InChI=1S/C15H13FN4O2/c1-22-14-7-3-6-12-18-19-15(20(12)14)17-13(21)9-10-4-2-5-11(16)8-10/h2-8H,9H2,1H3,(H,17,19,21). The van der Waals surface area contributed by atoms with Gasteiger partial charge in [-0.2, -0.15) is 0 Å². The molecule has 3 aromatic rings. The Morgan fingerprint density at radius 1 is 1.27 bits per heavy atom. The van der Waals surface area contributed by atoms with Gasteiger partial charge in [0.05, 0.1) is 13.5 Å².